The minimum Gasteiger partial charge on any atom is -0.485 e. The first-order valence-corrected chi connectivity index (χ1v) is 10.3. The summed E-state index contributed by atoms with van der Waals surface area (Å²) in [7, 11) is 4.24. The maximum Gasteiger partial charge on any atom is 0.255 e. The molecule has 1 aromatic carbocycles. The number of hydrogen-bond donors (Lipinski definition) is 1. The van der Waals surface area contributed by atoms with Crippen molar-refractivity contribution < 1.29 is 9.53 Å². The average Bonchev–Trinajstić information content (AvgIpc) is 2.86. The predicted octanol–water partition coefficient (Wildman–Crippen LogP) is 2.90. The molecule has 29 heavy (non-hydrogen) atoms. The standard InChI is InChI=1S/C23H29N3O3/c1-25(2)14-17-9-11-23(12-10-17)16-26(15-19-5-3-4-6-20(19)29-23)22(28)18-7-8-21(27)24-13-18/h3-8,13,17H,9-12,14-16H2,1-2H3,(H,24,27). The van der Waals surface area contributed by atoms with Crippen molar-refractivity contribution in [3.05, 3.63) is 64.1 Å². The van der Waals surface area contributed by atoms with Crippen LogP contribution >= 0.6 is 0 Å². The Labute approximate surface area is 171 Å². The molecule has 0 unspecified atom stereocenters. The molecule has 2 heterocycles. The van der Waals surface area contributed by atoms with Gasteiger partial charge in [0.1, 0.15) is 11.4 Å². The van der Waals surface area contributed by atoms with Crippen molar-refractivity contribution in [2.24, 2.45) is 5.92 Å². The van der Waals surface area contributed by atoms with Crippen molar-refractivity contribution in [3.8, 4) is 5.75 Å². The zero-order valence-corrected chi connectivity index (χ0v) is 17.2. The molecular weight excluding hydrogens is 366 g/mol. The molecule has 1 aromatic heterocycles. The number of benzene rings is 1. The maximum atomic E-state index is 13.3. The molecule has 1 saturated carbocycles. The highest BCUT2D eigenvalue weighted by Gasteiger charge is 2.42. The number of para-hydroxylation sites is 1. The molecule has 0 saturated heterocycles. The number of aromatic nitrogens is 1. The number of aromatic amines is 1. The van der Waals surface area contributed by atoms with Gasteiger partial charge in [-0.15, -0.1) is 0 Å². The summed E-state index contributed by atoms with van der Waals surface area (Å²) in [5.41, 5.74) is 0.965. The third-order valence-corrected chi connectivity index (χ3v) is 6.10. The van der Waals surface area contributed by atoms with E-state index in [1.807, 2.05) is 29.2 Å². The second-order valence-electron chi connectivity index (χ2n) is 8.70. The summed E-state index contributed by atoms with van der Waals surface area (Å²) >= 11 is 0. The Kier molecular flexibility index (Phi) is 5.46. The lowest BCUT2D eigenvalue weighted by Gasteiger charge is -2.42. The lowest BCUT2D eigenvalue weighted by Crippen LogP contribution is -2.50. The summed E-state index contributed by atoms with van der Waals surface area (Å²) < 4.78 is 6.61. The Bertz CT molecular complexity index is 908. The van der Waals surface area contributed by atoms with E-state index < -0.39 is 0 Å². The van der Waals surface area contributed by atoms with Crippen molar-refractivity contribution in [1.82, 2.24) is 14.8 Å². The first-order chi connectivity index (χ1) is 13.9. The van der Waals surface area contributed by atoms with Gasteiger partial charge in [0.2, 0.25) is 5.56 Å². The van der Waals surface area contributed by atoms with Crippen LogP contribution in [0, 0.1) is 5.92 Å². The highest BCUT2D eigenvalue weighted by atomic mass is 16.5. The molecule has 1 amide bonds. The van der Waals surface area contributed by atoms with Crippen LogP contribution in [0.3, 0.4) is 0 Å². The normalized spacial score (nSPS) is 24.1. The van der Waals surface area contributed by atoms with Gasteiger partial charge in [0.25, 0.3) is 5.91 Å². The summed E-state index contributed by atoms with van der Waals surface area (Å²) in [5.74, 6) is 1.48. The molecule has 0 atom stereocenters. The highest BCUT2D eigenvalue weighted by Crippen LogP contribution is 2.40. The molecule has 0 radical (unpaired) electrons. The van der Waals surface area contributed by atoms with E-state index in [1.54, 1.807) is 6.07 Å². The summed E-state index contributed by atoms with van der Waals surface area (Å²) in [5, 5.41) is 0. The molecule has 154 valence electrons. The van der Waals surface area contributed by atoms with Gasteiger partial charge in [0.15, 0.2) is 0 Å². The van der Waals surface area contributed by atoms with Gasteiger partial charge in [-0.05, 0) is 57.8 Å². The molecule has 1 spiro atoms. The first-order valence-electron chi connectivity index (χ1n) is 10.3. The van der Waals surface area contributed by atoms with Gasteiger partial charge in [0.05, 0.1) is 12.1 Å². The van der Waals surface area contributed by atoms with Crippen LogP contribution in [0.15, 0.2) is 47.4 Å². The maximum absolute atomic E-state index is 13.3. The number of carbonyl (C=O) groups is 1. The Balaban J connectivity index is 1.61. The van der Waals surface area contributed by atoms with Gasteiger partial charge < -0.3 is 19.5 Å². The molecule has 6 heteroatoms. The monoisotopic (exact) mass is 395 g/mol. The molecule has 1 fully saturated rings. The van der Waals surface area contributed by atoms with Crippen LogP contribution < -0.4 is 10.3 Å². The molecular formula is C23H29N3O3. The van der Waals surface area contributed by atoms with E-state index in [9.17, 15) is 9.59 Å². The minimum atomic E-state index is -0.354. The molecule has 1 aliphatic carbocycles. The van der Waals surface area contributed by atoms with Crippen molar-refractivity contribution in [2.75, 3.05) is 27.2 Å². The number of nitrogens with one attached hydrogen (secondary N) is 1. The van der Waals surface area contributed by atoms with Crippen molar-refractivity contribution in [2.45, 2.75) is 37.8 Å². The molecule has 6 nitrogen and oxygen atoms in total. The number of rotatable bonds is 3. The van der Waals surface area contributed by atoms with Crippen LogP contribution in [0.25, 0.3) is 0 Å². The van der Waals surface area contributed by atoms with Crippen LogP contribution in [0.2, 0.25) is 0 Å². The average molecular weight is 396 g/mol. The molecule has 1 N–H and O–H groups in total. The van der Waals surface area contributed by atoms with E-state index in [4.69, 9.17) is 4.74 Å². The molecule has 2 aliphatic rings. The van der Waals surface area contributed by atoms with Crippen molar-refractivity contribution >= 4 is 5.91 Å². The fraction of sp³-hybridized carbons (Fsp3) is 0.478. The molecule has 2 aromatic rings. The van der Waals surface area contributed by atoms with Crippen LogP contribution in [-0.4, -0.2) is 53.5 Å². The SMILES string of the molecule is CN(C)CC1CCC2(CC1)CN(C(=O)c1ccc(=O)[nH]c1)Cc1ccccc1O2. The van der Waals surface area contributed by atoms with Gasteiger partial charge >= 0.3 is 0 Å². The lowest BCUT2D eigenvalue weighted by molar-refractivity contribution is -0.00724. The smallest absolute Gasteiger partial charge is 0.255 e. The summed E-state index contributed by atoms with van der Waals surface area (Å²) in [6.07, 6.45) is 5.58. The Morgan fingerprint density at radius 3 is 2.66 bits per heavy atom. The zero-order chi connectivity index (χ0) is 20.4. The third-order valence-electron chi connectivity index (χ3n) is 6.10. The first kappa shape index (κ1) is 19.7. The number of hydrogen-bond acceptors (Lipinski definition) is 4. The second-order valence-corrected chi connectivity index (χ2v) is 8.70. The number of ether oxygens (including phenoxy) is 1. The number of nitrogens with zero attached hydrogens (tertiary/aromatic N) is 2. The fourth-order valence-electron chi connectivity index (χ4n) is 4.64. The van der Waals surface area contributed by atoms with Gasteiger partial charge in [-0.3, -0.25) is 9.59 Å². The van der Waals surface area contributed by atoms with Gasteiger partial charge in [-0.1, -0.05) is 18.2 Å². The minimum absolute atomic E-state index is 0.0728. The number of carbonyl (C=O) groups excluding carboxylic acids is 1. The second kappa shape index (κ2) is 8.03. The number of fused-ring (bicyclic) bond motifs is 1. The highest BCUT2D eigenvalue weighted by molar-refractivity contribution is 5.94. The van der Waals surface area contributed by atoms with E-state index in [0.29, 0.717) is 24.6 Å². The van der Waals surface area contributed by atoms with Crippen LogP contribution in [0.5, 0.6) is 5.75 Å². The van der Waals surface area contributed by atoms with Gasteiger partial charge in [0, 0.05) is 30.9 Å². The molecule has 4 rings (SSSR count). The van der Waals surface area contributed by atoms with E-state index in [0.717, 1.165) is 43.5 Å². The summed E-state index contributed by atoms with van der Waals surface area (Å²) in [4.78, 5) is 31.4. The van der Waals surface area contributed by atoms with Gasteiger partial charge in [-0.2, -0.15) is 0 Å². The number of pyridine rings is 1. The van der Waals surface area contributed by atoms with Crippen LogP contribution in [0.4, 0.5) is 0 Å². The molecule has 1 aliphatic heterocycles. The summed E-state index contributed by atoms with van der Waals surface area (Å²) in [6, 6.07) is 11.0. The van der Waals surface area contributed by atoms with Gasteiger partial charge in [-0.25, -0.2) is 0 Å². The van der Waals surface area contributed by atoms with E-state index in [1.165, 1.54) is 12.3 Å². The van der Waals surface area contributed by atoms with E-state index in [2.05, 4.69) is 24.0 Å². The Morgan fingerprint density at radius 1 is 1.21 bits per heavy atom. The molecule has 0 bridgehead atoms. The largest absolute Gasteiger partial charge is 0.485 e. The summed E-state index contributed by atoms with van der Waals surface area (Å²) in [6.45, 7) is 2.16. The topological polar surface area (TPSA) is 65.6 Å². The van der Waals surface area contributed by atoms with Crippen LogP contribution in [-0.2, 0) is 6.54 Å². The quantitative estimate of drug-likeness (QED) is 0.868. The number of H-pyrrole nitrogens is 1. The Hall–Kier alpha value is -2.60. The fourth-order valence-corrected chi connectivity index (χ4v) is 4.64. The van der Waals surface area contributed by atoms with Crippen molar-refractivity contribution in [3.63, 3.8) is 0 Å². The van der Waals surface area contributed by atoms with Crippen molar-refractivity contribution in [1.29, 1.82) is 0 Å². The van der Waals surface area contributed by atoms with E-state index in [-0.39, 0.29) is 17.1 Å². The predicted molar refractivity (Wildman–Crippen MR) is 112 cm³/mol. The van der Waals surface area contributed by atoms with Crippen LogP contribution in [0.1, 0.15) is 41.6 Å². The van der Waals surface area contributed by atoms with E-state index >= 15 is 0 Å². The third kappa shape index (κ3) is 4.37. The lowest BCUT2D eigenvalue weighted by atomic mass is 9.78. The zero-order valence-electron chi connectivity index (χ0n) is 17.2. The number of amides is 1. The Morgan fingerprint density at radius 2 is 1.97 bits per heavy atom.